The van der Waals surface area contributed by atoms with Crippen LogP contribution in [0.4, 0.5) is 4.39 Å². The fraction of sp³-hybridized carbons (Fsp3) is 0.455. The van der Waals surface area contributed by atoms with Gasteiger partial charge in [0.25, 0.3) is 0 Å². The van der Waals surface area contributed by atoms with Gasteiger partial charge in [0.1, 0.15) is 5.82 Å². The molecular formula is C11H13BrFNS. The number of hydrogen-bond donors (Lipinski definition) is 1. The third-order valence-corrected chi connectivity index (χ3v) is 4.31. The molecule has 1 saturated heterocycles. The van der Waals surface area contributed by atoms with Crippen molar-refractivity contribution >= 4 is 27.7 Å². The molecule has 0 saturated carbocycles. The van der Waals surface area contributed by atoms with Crippen LogP contribution in [0.15, 0.2) is 22.7 Å². The van der Waals surface area contributed by atoms with Crippen LogP contribution >= 0.6 is 27.7 Å². The number of benzene rings is 1. The predicted molar refractivity (Wildman–Crippen MR) is 66.8 cm³/mol. The molecule has 1 atom stereocenters. The third kappa shape index (κ3) is 2.95. The first-order valence-electron chi connectivity index (χ1n) is 5.03. The fourth-order valence-electron chi connectivity index (χ4n) is 1.69. The molecule has 82 valence electrons. The van der Waals surface area contributed by atoms with Gasteiger partial charge in [-0.3, -0.25) is 0 Å². The highest BCUT2D eigenvalue weighted by molar-refractivity contribution is 9.10. The summed E-state index contributed by atoms with van der Waals surface area (Å²) >= 11 is 5.37. The van der Waals surface area contributed by atoms with Gasteiger partial charge in [0.05, 0.1) is 0 Å². The average molecular weight is 290 g/mol. The summed E-state index contributed by atoms with van der Waals surface area (Å²) in [5, 5.41) is 3.48. The lowest BCUT2D eigenvalue weighted by atomic mass is 10.1. The Hall–Kier alpha value is -0.0600. The second-order valence-corrected chi connectivity index (χ2v) is 5.61. The van der Waals surface area contributed by atoms with Gasteiger partial charge in [-0.25, -0.2) is 4.39 Å². The van der Waals surface area contributed by atoms with E-state index in [0.717, 1.165) is 22.3 Å². The molecule has 1 heterocycles. The lowest BCUT2D eigenvalue weighted by molar-refractivity contribution is 0.582. The maximum atomic E-state index is 12.9. The number of hydrogen-bond acceptors (Lipinski definition) is 2. The Labute approximate surface area is 102 Å². The molecule has 1 fully saturated rings. The highest BCUT2D eigenvalue weighted by Gasteiger charge is 2.16. The van der Waals surface area contributed by atoms with Crippen molar-refractivity contribution in [3.63, 3.8) is 0 Å². The summed E-state index contributed by atoms with van der Waals surface area (Å²) in [6.07, 6.45) is 1.21. The van der Waals surface area contributed by atoms with E-state index in [1.54, 1.807) is 0 Å². The van der Waals surface area contributed by atoms with Gasteiger partial charge in [-0.15, -0.1) is 0 Å². The molecule has 1 unspecified atom stereocenters. The predicted octanol–water partition coefficient (Wildman–Crippen LogP) is 3.36. The van der Waals surface area contributed by atoms with Crippen molar-refractivity contribution in [2.24, 2.45) is 0 Å². The van der Waals surface area contributed by atoms with Crippen LogP contribution in [0.2, 0.25) is 0 Å². The lowest BCUT2D eigenvalue weighted by Crippen LogP contribution is -2.22. The van der Waals surface area contributed by atoms with Gasteiger partial charge < -0.3 is 5.32 Å². The Balaban J connectivity index is 2.19. The van der Waals surface area contributed by atoms with Gasteiger partial charge in [-0.2, -0.15) is 11.8 Å². The molecule has 1 nitrogen and oxygen atoms in total. The zero-order valence-corrected chi connectivity index (χ0v) is 10.7. The molecule has 15 heavy (non-hydrogen) atoms. The van der Waals surface area contributed by atoms with Crippen molar-refractivity contribution in [2.45, 2.75) is 12.5 Å². The van der Waals surface area contributed by atoms with Crippen LogP contribution in [0.1, 0.15) is 18.0 Å². The summed E-state index contributed by atoms with van der Waals surface area (Å²) in [5.41, 5.74) is 1.16. The van der Waals surface area contributed by atoms with Crippen LogP contribution in [0.3, 0.4) is 0 Å². The van der Waals surface area contributed by atoms with Crippen LogP contribution in [0.5, 0.6) is 0 Å². The molecule has 0 bridgehead atoms. The van der Waals surface area contributed by atoms with E-state index in [-0.39, 0.29) is 5.82 Å². The molecule has 0 amide bonds. The third-order valence-electron chi connectivity index (χ3n) is 2.48. The van der Waals surface area contributed by atoms with Crippen LogP contribution in [0.25, 0.3) is 0 Å². The topological polar surface area (TPSA) is 12.0 Å². The Kier molecular flexibility index (Phi) is 4.05. The molecule has 1 aliphatic heterocycles. The molecule has 1 aromatic rings. The minimum absolute atomic E-state index is 0.188. The standard InChI is InChI=1S/C11H13BrFNS/c12-10-6-8(13)2-3-9(10)11-7-15-5-1-4-14-11/h2-3,6,11,14H,1,4-5,7H2. The van der Waals surface area contributed by atoms with Crippen molar-refractivity contribution in [1.29, 1.82) is 0 Å². The number of rotatable bonds is 1. The first-order chi connectivity index (χ1) is 7.27. The van der Waals surface area contributed by atoms with E-state index in [2.05, 4.69) is 21.2 Å². The Bertz CT molecular complexity index is 337. The van der Waals surface area contributed by atoms with Gasteiger partial charge in [0.15, 0.2) is 0 Å². The van der Waals surface area contributed by atoms with E-state index in [4.69, 9.17) is 0 Å². The number of nitrogens with one attached hydrogen (secondary N) is 1. The maximum absolute atomic E-state index is 12.9. The van der Waals surface area contributed by atoms with Gasteiger partial charge in [-0.1, -0.05) is 22.0 Å². The molecule has 1 aromatic carbocycles. The average Bonchev–Trinajstić information content (AvgIpc) is 2.46. The van der Waals surface area contributed by atoms with E-state index in [9.17, 15) is 4.39 Å². The molecule has 1 aliphatic rings. The number of thioether (sulfide) groups is 1. The first-order valence-corrected chi connectivity index (χ1v) is 6.98. The van der Waals surface area contributed by atoms with Crippen molar-refractivity contribution in [3.05, 3.63) is 34.1 Å². The molecule has 0 spiro atoms. The second-order valence-electron chi connectivity index (χ2n) is 3.60. The van der Waals surface area contributed by atoms with Crippen molar-refractivity contribution in [2.75, 3.05) is 18.1 Å². The first kappa shape index (κ1) is 11.4. The maximum Gasteiger partial charge on any atom is 0.124 e. The zero-order valence-electron chi connectivity index (χ0n) is 8.30. The normalized spacial score (nSPS) is 22.4. The van der Waals surface area contributed by atoms with Crippen LogP contribution in [0, 0.1) is 5.82 Å². The highest BCUT2D eigenvalue weighted by Crippen LogP contribution is 2.28. The van der Waals surface area contributed by atoms with E-state index < -0.39 is 0 Å². The molecule has 2 rings (SSSR count). The summed E-state index contributed by atoms with van der Waals surface area (Å²) in [6.45, 7) is 1.04. The smallest absolute Gasteiger partial charge is 0.124 e. The minimum atomic E-state index is -0.188. The van der Waals surface area contributed by atoms with Gasteiger partial charge in [-0.05, 0) is 36.4 Å². The molecular weight excluding hydrogens is 277 g/mol. The largest absolute Gasteiger partial charge is 0.309 e. The quantitative estimate of drug-likeness (QED) is 0.851. The van der Waals surface area contributed by atoms with E-state index in [0.29, 0.717) is 6.04 Å². The molecule has 0 aliphatic carbocycles. The minimum Gasteiger partial charge on any atom is -0.309 e. The van der Waals surface area contributed by atoms with Gasteiger partial charge in [0, 0.05) is 16.3 Å². The summed E-state index contributed by atoms with van der Waals surface area (Å²) in [5.74, 6) is 2.08. The molecule has 0 radical (unpaired) electrons. The van der Waals surface area contributed by atoms with Gasteiger partial charge in [0.2, 0.25) is 0 Å². The number of halogens is 2. The fourth-order valence-corrected chi connectivity index (χ4v) is 3.37. The summed E-state index contributed by atoms with van der Waals surface area (Å²) in [4.78, 5) is 0. The van der Waals surface area contributed by atoms with Crippen LogP contribution < -0.4 is 5.32 Å². The van der Waals surface area contributed by atoms with E-state index in [1.165, 1.54) is 24.3 Å². The second kappa shape index (κ2) is 5.32. The zero-order chi connectivity index (χ0) is 10.7. The van der Waals surface area contributed by atoms with Crippen LogP contribution in [-0.4, -0.2) is 18.1 Å². The summed E-state index contributed by atoms with van der Waals surface area (Å²) in [7, 11) is 0. The molecule has 1 N–H and O–H groups in total. The summed E-state index contributed by atoms with van der Waals surface area (Å²) in [6, 6.07) is 5.26. The highest BCUT2D eigenvalue weighted by atomic mass is 79.9. The van der Waals surface area contributed by atoms with Gasteiger partial charge >= 0.3 is 0 Å². The lowest BCUT2D eigenvalue weighted by Gasteiger charge is -2.17. The van der Waals surface area contributed by atoms with E-state index in [1.807, 2.05) is 17.8 Å². The Morgan fingerprint density at radius 2 is 2.33 bits per heavy atom. The monoisotopic (exact) mass is 289 g/mol. The van der Waals surface area contributed by atoms with Crippen molar-refractivity contribution < 1.29 is 4.39 Å². The summed E-state index contributed by atoms with van der Waals surface area (Å²) < 4.78 is 13.8. The molecule has 4 heteroatoms. The van der Waals surface area contributed by atoms with Crippen LogP contribution in [-0.2, 0) is 0 Å². The Morgan fingerprint density at radius 3 is 3.13 bits per heavy atom. The van der Waals surface area contributed by atoms with E-state index >= 15 is 0 Å². The molecule has 0 aromatic heterocycles. The SMILES string of the molecule is Fc1ccc(C2CSCCCN2)c(Br)c1. The Morgan fingerprint density at radius 1 is 1.47 bits per heavy atom. The van der Waals surface area contributed by atoms with Crippen molar-refractivity contribution in [3.8, 4) is 0 Å². The van der Waals surface area contributed by atoms with Crippen molar-refractivity contribution in [1.82, 2.24) is 5.32 Å².